The van der Waals surface area contributed by atoms with Gasteiger partial charge in [-0.2, -0.15) is 0 Å². The molecular weight excluding hydrogens is 308 g/mol. The van der Waals surface area contributed by atoms with Crippen molar-refractivity contribution in [3.63, 3.8) is 0 Å². The predicted octanol–water partition coefficient (Wildman–Crippen LogP) is 3.99. The Hall–Kier alpha value is -1.81. The van der Waals surface area contributed by atoms with Crippen LogP contribution in [0.1, 0.15) is 32.3 Å². The first-order valence-electron chi connectivity index (χ1n) is 8.05. The third kappa shape index (κ3) is 3.58. The zero-order valence-corrected chi connectivity index (χ0v) is 14.5. The van der Waals surface area contributed by atoms with E-state index in [0.29, 0.717) is 17.7 Å². The number of hydrogen-bond acceptors (Lipinski definition) is 2. The minimum atomic E-state index is 0.245. The molecule has 122 valence electrons. The maximum absolute atomic E-state index is 8.72. The molecule has 1 fully saturated rings. The van der Waals surface area contributed by atoms with Crippen molar-refractivity contribution in [3.8, 4) is 0 Å². The Morgan fingerprint density at radius 2 is 2.00 bits per heavy atom. The van der Waals surface area contributed by atoms with E-state index < -0.39 is 0 Å². The topological polar surface area (TPSA) is 42.7 Å². The lowest BCUT2D eigenvalue weighted by molar-refractivity contribution is 0.168. The maximum atomic E-state index is 8.72. The molecule has 0 bridgehead atoms. The van der Waals surface area contributed by atoms with Crippen molar-refractivity contribution in [3.05, 3.63) is 42.1 Å². The van der Waals surface area contributed by atoms with Gasteiger partial charge in [-0.1, -0.05) is 55.8 Å². The highest BCUT2D eigenvalue weighted by atomic mass is 35.5. The van der Waals surface area contributed by atoms with Crippen molar-refractivity contribution < 1.29 is 0 Å². The van der Waals surface area contributed by atoms with Crippen LogP contribution in [0.15, 0.2) is 41.5 Å². The van der Waals surface area contributed by atoms with Gasteiger partial charge in [0.1, 0.15) is 5.17 Å². The van der Waals surface area contributed by atoms with Gasteiger partial charge in [0.05, 0.1) is 18.4 Å². The van der Waals surface area contributed by atoms with Crippen molar-refractivity contribution in [2.75, 3.05) is 19.6 Å². The van der Waals surface area contributed by atoms with Crippen molar-refractivity contribution in [1.82, 2.24) is 9.80 Å². The zero-order valence-electron chi connectivity index (χ0n) is 13.7. The first-order chi connectivity index (χ1) is 11.0. The van der Waals surface area contributed by atoms with Crippen molar-refractivity contribution in [2.45, 2.75) is 26.7 Å². The smallest absolute Gasteiger partial charge is 0.198 e. The summed E-state index contributed by atoms with van der Waals surface area (Å²) in [7, 11) is 0. The summed E-state index contributed by atoms with van der Waals surface area (Å²) >= 11 is 6.15. The molecule has 1 N–H and O–H groups in total. The van der Waals surface area contributed by atoms with E-state index in [4.69, 9.17) is 17.0 Å². The molecule has 3 rings (SSSR count). The first-order valence-corrected chi connectivity index (χ1v) is 8.43. The van der Waals surface area contributed by atoms with Crippen LogP contribution in [0, 0.1) is 10.8 Å². The van der Waals surface area contributed by atoms with E-state index in [2.05, 4.69) is 23.7 Å². The first kappa shape index (κ1) is 16.1. The summed E-state index contributed by atoms with van der Waals surface area (Å²) in [5.41, 5.74) is 2.24. The van der Waals surface area contributed by atoms with Crippen molar-refractivity contribution in [2.24, 2.45) is 10.4 Å². The van der Waals surface area contributed by atoms with Crippen LogP contribution < -0.4 is 0 Å². The Morgan fingerprint density at radius 1 is 1.26 bits per heavy atom. The molecule has 0 aliphatic carbocycles. The molecule has 2 aliphatic rings. The molecule has 2 aliphatic heterocycles. The molecule has 0 unspecified atom stereocenters. The van der Waals surface area contributed by atoms with Crippen LogP contribution in [-0.2, 0) is 0 Å². The quantitative estimate of drug-likeness (QED) is 0.625. The monoisotopic (exact) mass is 330 g/mol. The van der Waals surface area contributed by atoms with Crippen LogP contribution >= 0.6 is 11.6 Å². The van der Waals surface area contributed by atoms with E-state index in [-0.39, 0.29) is 5.41 Å². The van der Waals surface area contributed by atoms with Gasteiger partial charge in [0.25, 0.3) is 0 Å². The predicted molar refractivity (Wildman–Crippen MR) is 96.7 cm³/mol. The van der Waals surface area contributed by atoms with Gasteiger partial charge in [0.2, 0.25) is 0 Å². The van der Waals surface area contributed by atoms with E-state index >= 15 is 0 Å². The molecule has 1 aromatic rings. The summed E-state index contributed by atoms with van der Waals surface area (Å²) in [6.07, 6.45) is 4.10. The lowest BCUT2D eigenvalue weighted by Crippen LogP contribution is -2.50. The number of guanidine groups is 1. The fourth-order valence-electron chi connectivity index (χ4n) is 3.26. The van der Waals surface area contributed by atoms with E-state index in [1.165, 1.54) is 6.42 Å². The number of aliphatic imine (C=N–C) groups is 1. The summed E-state index contributed by atoms with van der Waals surface area (Å²) < 4.78 is 0. The Balaban J connectivity index is 1.86. The fourth-order valence-corrected chi connectivity index (χ4v) is 3.43. The number of piperidine rings is 1. The second-order valence-electron chi connectivity index (χ2n) is 6.98. The van der Waals surface area contributed by atoms with Gasteiger partial charge in [-0.05, 0) is 23.8 Å². The number of likely N-dealkylation sites (tertiary alicyclic amines) is 1. The summed E-state index contributed by atoms with van der Waals surface area (Å²) in [5.74, 6) is 0.515. The van der Waals surface area contributed by atoms with Gasteiger partial charge in [-0.15, -0.1) is 0 Å². The molecule has 0 spiro atoms. The number of hydrogen-bond donors (Lipinski definition) is 1. The number of nitrogens with zero attached hydrogens (tertiary/aromatic N) is 3. The van der Waals surface area contributed by atoms with Crippen molar-refractivity contribution >= 4 is 28.4 Å². The standard InChI is InChI=1S/C18H23ClN4/c1-18(2)9-6-10-22(13-18)17(20)23-12-16(19)21-11-15(23)14-7-4-3-5-8-14/h3-5,7-8,11,20H,6,9-10,12-13H2,1-2H3. The second kappa shape index (κ2) is 6.36. The second-order valence-corrected chi connectivity index (χ2v) is 7.42. The number of rotatable bonds is 1. The third-order valence-corrected chi connectivity index (χ3v) is 4.65. The van der Waals surface area contributed by atoms with Crippen molar-refractivity contribution in [1.29, 1.82) is 5.41 Å². The Labute approximate surface area is 143 Å². The van der Waals surface area contributed by atoms with E-state index in [0.717, 1.165) is 30.8 Å². The third-order valence-electron chi connectivity index (χ3n) is 4.43. The van der Waals surface area contributed by atoms with Gasteiger partial charge in [0, 0.05) is 13.1 Å². The lowest BCUT2D eigenvalue weighted by Gasteiger charge is -2.42. The SMILES string of the molecule is CC1(C)CCCN(C(=N)N2CC(Cl)=NC=C2c2ccccc2)C1. The minimum Gasteiger partial charge on any atom is -0.342 e. The molecule has 2 heterocycles. The number of benzene rings is 1. The maximum Gasteiger partial charge on any atom is 0.198 e. The zero-order chi connectivity index (χ0) is 16.4. The largest absolute Gasteiger partial charge is 0.342 e. The lowest BCUT2D eigenvalue weighted by atomic mass is 9.84. The normalized spacial score (nSPS) is 20.8. The average Bonchev–Trinajstić information content (AvgIpc) is 2.54. The minimum absolute atomic E-state index is 0.245. The molecule has 1 saturated heterocycles. The van der Waals surface area contributed by atoms with Gasteiger partial charge < -0.3 is 9.80 Å². The fraction of sp³-hybridized carbons (Fsp3) is 0.444. The molecular formula is C18H23ClN4. The Bertz CT molecular complexity index is 648. The Kier molecular flexibility index (Phi) is 4.44. The average molecular weight is 331 g/mol. The van der Waals surface area contributed by atoms with Gasteiger partial charge >= 0.3 is 0 Å². The Morgan fingerprint density at radius 3 is 2.70 bits per heavy atom. The molecule has 23 heavy (non-hydrogen) atoms. The van der Waals surface area contributed by atoms with Crippen LogP contribution in [0.3, 0.4) is 0 Å². The van der Waals surface area contributed by atoms with Crippen LogP contribution in [0.2, 0.25) is 0 Å². The van der Waals surface area contributed by atoms with Gasteiger partial charge in [0.15, 0.2) is 5.96 Å². The van der Waals surface area contributed by atoms with E-state index in [1.54, 1.807) is 6.20 Å². The summed E-state index contributed by atoms with van der Waals surface area (Å²) in [4.78, 5) is 8.38. The molecule has 0 atom stereocenters. The summed E-state index contributed by atoms with van der Waals surface area (Å²) in [6.45, 7) is 6.82. The number of nitrogens with one attached hydrogen (secondary N) is 1. The molecule has 0 saturated carbocycles. The number of halogens is 1. The molecule has 1 aromatic carbocycles. The summed E-state index contributed by atoms with van der Waals surface area (Å²) in [5, 5.41) is 9.24. The molecule has 0 amide bonds. The molecule has 0 aromatic heterocycles. The van der Waals surface area contributed by atoms with Gasteiger partial charge in [-0.3, -0.25) is 5.41 Å². The van der Waals surface area contributed by atoms with Crippen LogP contribution in [0.25, 0.3) is 5.70 Å². The van der Waals surface area contributed by atoms with Crippen LogP contribution in [0.5, 0.6) is 0 Å². The highest BCUT2D eigenvalue weighted by Crippen LogP contribution is 2.31. The van der Waals surface area contributed by atoms with E-state index in [1.807, 2.05) is 35.2 Å². The van der Waals surface area contributed by atoms with Crippen LogP contribution in [-0.4, -0.2) is 40.6 Å². The van der Waals surface area contributed by atoms with Gasteiger partial charge in [-0.25, -0.2) is 4.99 Å². The summed E-state index contributed by atoms with van der Waals surface area (Å²) in [6, 6.07) is 10.1. The molecule has 0 radical (unpaired) electrons. The van der Waals surface area contributed by atoms with E-state index in [9.17, 15) is 0 Å². The highest BCUT2D eigenvalue weighted by Gasteiger charge is 2.31. The molecule has 5 heteroatoms. The van der Waals surface area contributed by atoms with Crippen LogP contribution in [0.4, 0.5) is 0 Å². The highest BCUT2D eigenvalue weighted by molar-refractivity contribution is 6.66. The molecule has 4 nitrogen and oxygen atoms in total.